The summed E-state index contributed by atoms with van der Waals surface area (Å²) in [6, 6.07) is 5.41. The van der Waals surface area contributed by atoms with E-state index < -0.39 is 11.9 Å². The molecule has 0 aromatic heterocycles. The lowest BCUT2D eigenvalue weighted by Gasteiger charge is -2.14. The highest BCUT2D eigenvalue weighted by Gasteiger charge is 2.41. The Balaban J connectivity index is 2.08. The SMILES string of the molecule is C=CCN1C(=O)/C(=C2\SC(=S)N(CCC(=O)O)C2=O)c2cc(Br)ccc21. The monoisotopic (exact) mass is 452 g/mol. The quantitative estimate of drug-likeness (QED) is 0.420. The molecule has 0 atom stereocenters. The summed E-state index contributed by atoms with van der Waals surface area (Å²) in [7, 11) is 0. The van der Waals surface area contributed by atoms with Gasteiger partial charge in [0.25, 0.3) is 11.8 Å². The summed E-state index contributed by atoms with van der Waals surface area (Å²) in [6.07, 6.45) is 1.40. The van der Waals surface area contributed by atoms with Crippen molar-refractivity contribution in [2.24, 2.45) is 0 Å². The van der Waals surface area contributed by atoms with E-state index in [1.54, 1.807) is 23.1 Å². The molecular weight excluding hydrogens is 440 g/mol. The van der Waals surface area contributed by atoms with Crippen molar-refractivity contribution in [3.05, 3.63) is 45.8 Å². The molecule has 0 unspecified atom stereocenters. The molecule has 2 aliphatic rings. The van der Waals surface area contributed by atoms with E-state index in [0.717, 1.165) is 16.2 Å². The van der Waals surface area contributed by atoms with Crippen molar-refractivity contribution in [2.45, 2.75) is 6.42 Å². The van der Waals surface area contributed by atoms with Gasteiger partial charge in [-0.1, -0.05) is 46.0 Å². The molecule has 0 aliphatic carbocycles. The van der Waals surface area contributed by atoms with Crippen LogP contribution in [0, 0.1) is 0 Å². The molecule has 26 heavy (non-hydrogen) atoms. The van der Waals surface area contributed by atoms with Crippen LogP contribution >= 0.6 is 39.9 Å². The number of nitrogens with zero attached hydrogens (tertiary/aromatic N) is 2. The fraction of sp³-hybridized carbons (Fsp3) is 0.176. The van der Waals surface area contributed by atoms with Gasteiger partial charge in [-0.3, -0.25) is 19.3 Å². The number of anilines is 1. The number of hydrogen-bond donors (Lipinski definition) is 1. The van der Waals surface area contributed by atoms with Gasteiger partial charge in [0.2, 0.25) is 0 Å². The smallest absolute Gasteiger partial charge is 0.305 e. The Morgan fingerprint density at radius 3 is 2.69 bits per heavy atom. The largest absolute Gasteiger partial charge is 0.481 e. The van der Waals surface area contributed by atoms with Gasteiger partial charge < -0.3 is 10.0 Å². The number of carbonyl (C=O) groups is 3. The van der Waals surface area contributed by atoms with Crippen molar-refractivity contribution in [3.63, 3.8) is 0 Å². The third-order valence-electron chi connectivity index (χ3n) is 3.91. The number of benzene rings is 1. The second-order valence-corrected chi connectivity index (χ2v) is 8.10. The molecule has 2 aliphatic heterocycles. The highest BCUT2D eigenvalue weighted by atomic mass is 79.9. The summed E-state index contributed by atoms with van der Waals surface area (Å²) < 4.78 is 1.04. The summed E-state index contributed by atoms with van der Waals surface area (Å²) in [5.41, 5.74) is 1.63. The summed E-state index contributed by atoms with van der Waals surface area (Å²) in [5, 5.41) is 8.84. The van der Waals surface area contributed by atoms with Gasteiger partial charge in [-0.25, -0.2) is 0 Å². The van der Waals surface area contributed by atoms with Crippen molar-refractivity contribution in [2.75, 3.05) is 18.0 Å². The van der Waals surface area contributed by atoms with Gasteiger partial charge in [0.1, 0.15) is 4.32 Å². The van der Waals surface area contributed by atoms with E-state index >= 15 is 0 Å². The number of carboxylic acids is 1. The molecule has 6 nitrogen and oxygen atoms in total. The molecule has 0 bridgehead atoms. The van der Waals surface area contributed by atoms with Crippen LogP contribution in [0.4, 0.5) is 5.69 Å². The van der Waals surface area contributed by atoms with Crippen LogP contribution in [0.2, 0.25) is 0 Å². The molecule has 0 radical (unpaired) electrons. The van der Waals surface area contributed by atoms with Crippen LogP contribution in [0.1, 0.15) is 12.0 Å². The second kappa shape index (κ2) is 7.34. The number of rotatable bonds is 5. The summed E-state index contributed by atoms with van der Waals surface area (Å²) in [6.45, 7) is 3.97. The highest BCUT2D eigenvalue weighted by Crippen LogP contribution is 2.45. The topological polar surface area (TPSA) is 77.9 Å². The maximum Gasteiger partial charge on any atom is 0.305 e. The Labute approximate surface area is 167 Å². The number of fused-ring (bicyclic) bond motifs is 1. The number of carbonyl (C=O) groups excluding carboxylic acids is 2. The lowest BCUT2D eigenvalue weighted by atomic mass is 10.1. The van der Waals surface area contributed by atoms with E-state index in [2.05, 4.69) is 22.5 Å². The maximum atomic E-state index is 13.0. The number of carboxylic acid groups (broad SMARTS) is 1. The van der Waals surface area contributed by atoms with Crippen LogP contribution in [0.25, 0.3) is 5.57 Å². The van der Waals surface area contributed by atoms with Crippen molar-refractivity contribution in [1.82, 2.24) is 4.90 Å². The van der Waals surface area contributed by atoms with Crippen LogP contribution in [-0.4, -0.2) is 45.2 Å². The first-order chi connectivity index (χ1) is 12.3. The Morgan fingerprint density at radius 1 is 1.31 bits per heavy atom. The minimum atomic E-state index is -1.02. The van der Waals surface area contributed by atoms with E-state index in [1.807, 2.05) is 6.07 Å². The lowest BCUT2D eigenvalue weighted by molar-refractivity contribution is -0.137. The van der Waals surface area contributed by atoms with E-state index in [9.17, 15) is 14.4 Å². The number of hydrogen-bond acceptors (Lipinski definition) is 5. The van der Waals surface area contributed by atoms with Gasteiger partial charge in [-0.15, -0.1) is 6.58 Å². The molecule has 9 heteroatoms. The normalized spacial score (nSPS) is 19.3. The zero-order valence-electron chi connectivity index (χ0n) is 13.4. The molecule has 3 rings (SSSR count). The Bertz CT molecular complexity index is 897. The first-order valence-electron chi connectivity index (χ1n) is 7.57. The predicted octanol–water partition coefficient (Wildman–Crippen LogP) is 3.03. The molecule has 1 aromatic carbocycles. The molecule has 0 saturated carbocycles. The minimum Gasteiger partial charge on any atom is -0.481 e. The third-order valence-corrected chi connectivity index (χ3v) is 5.86. The van der Waals surface area contributed by atoms with Crippen LogP contribution in [0.5, 0.6) is 0 Å². The summed E-state index contributed by atoms with van der Waals surface area (Å²) in [5.74, 6) is -1.75. The molecule has 0 spiro atoms. The molecule has 1 N–H and O–H groups in total. The van der Waals surface area contributed by atoms with Crippen LogP contribution in [0.15, 0.2) is 40.2 Å². The molecule has 1 aromatic rings. The van der Waals surface area contributed by atoms with Crippen LogP contribution in [0.3, 0.4) is 0 Å². The fourth-order valence-electron chi connectivity index (χ4n) is 2.78. The summed E-state index contributed by atoms with van der Waals surface area (Å²) in [4.78, 5) is 39.6. The Hall–Kier alpha value is -1.97. The van der Waals surface area contributed by atoms with Crippen molar-refractivity contribution in [1.29, 1.82) is 0 Å². The highest BCUT2D eigenvalue weighted by molar-refractivity contribution is 9.10. The summed E-state index contributed by atoms with van der Waals surface area (Å²) >= 11 is 9.64. The van der Waals surface area contributed by atoms with E-state index in [4.69, 9.17) is 17.3 Å². The van der Waals surface area contributed by atoms with Gasteiger partial charge in [0, 0.05) is 23.1 Å². The van der Waals surface area contributed by atoms with Gasteiger partial charge >= 0.3 is 5.97 Å². The van der Waals surface area contributed by atoms with Gasteiger partial charge in [-0.05, 0) is 18.2 Å². The zero-order chi connectivity index (χ0) is 19.0. The van der Waals surface area contributed by atoms with Crippen LogP contribution < -0.4 is 4.90 Å². The van der Waals surface area contributed by atoms with Crippen LogP contribution in [-0.2, 0) is 14.4 Å². The molecular formula is C17H13BrN2O4S2. The first-order valence-corrected chi connectivity index (χ1v) is 9.59. The minimum absolute atomic E-state index is 0.0211. The molecule has 134 valence electrons. The Kier molecular flexibility index (Phi) is 5.31. The number of halogens is 1. The molecule has 2 amide bonds. The first kappa shape index (κ1) is 18.8. The fourth-order valence-corrected chi connectivity index (χ4v) is 4.52. The number of aliphatic carboxylic acids is 1. The van der Waals surface area contributed by atoms with Gasteiger partial charge in [0.15, 0.2) is 0 Å². The average Bonchev–Trinajstić information content (AvgIpc) is 3.00. The van der Waals surface area contributed by atoms with Crippen molar-refractivity contribution in [3.8, 4) is 0 Å². The zero-order valence-corrected chi connectivity index (χ0v) is 16.6. The number of amides is 2. The third kappa shape index (κ3) is 3.22. The predicted molar refractivity (Wildman–Crippen MR) is 108 cm³/mol. The molecule has 2 heterocycles. The standard InChI is InChI=1S/C17H13BrN2O4S2/c1-2-6-19-11-4-3-9(18)8-10(11)13(15(19)23)14-16(24)20(17(25)26-14)7-5-12(21)22/h2-4,8H,1,5-7H2,(H,21,22)/b14-13-. The number of thioether (sulfide) groups is 1. The average molecular weight is 453 g/mol. The van der Waals surface area contributed by atoms with Gasteiger partial charge in [0.05, 0.1) is 22.6 Å². The van der Waals surface area contributed by atoms with E-state index in [0.29, 0.717) is 23.4 Å². The second-order valence-electron chi connectivity index (χ2n) is 5.54. The maximum absolute atomic E-state index is 13.0. The van der Waals surface area contributed by atoms with Crippen molar-refractivity contribution >= 4 is 73.3 Å². The van der Waals surface area contributed by atoms with Crippen molar-refractivity contribution < 1.29 is 19.5 Å². The van der Waals surface area contributed by atoms with E-state index in [1.165, 1.54) is 4.90 Å². The number of thiocarbonyl (C=S) groups is 1. The lowest BCUT2D eigenvalue weighted by Crippen LogP contribution is -2.31. The van der Waals surface area contributed by atoms with E-state index in [-0.39, 0.29) is 28.1 Å². The Morgan fingerprint density at radius 2 is 2.04 bits per heavy atom. The molecule has 1 saturated heterocycles. The molecule has 1 fully saturated rings. The van der Waals surface area contributed by atoms with Gasteiger partial charge in [-0.2, -0.15) is 0 Å².